The van der Waals surface area contributed by atoms with Crippen molar-refractivity contribution in [3.05, 3.63) is 103 Å². The summed E-state index contributed by atoms with van der Waals surface area (Å²) in [5, 5.41) is 2.54. The number of hydrogen-bond donors (Lipinski definition) is 0. The van der Waals surface area contributed by atoms with Gasteiger partial charge in [-0.15, -0.1) is 0 Å². The minimum absolute atomic E-state index is 0.00806. The van der Waals surface area contributed by atoms with Crippen LogP contribution in [0.3, 0.4) is 0 Å². The van der Waals surface area contributed by atoms with Gasteiger partial charge in [-0.25, -0.2) is 0 Å². The highest BCUT2D eigenvalue weighted by Gasteiger charge is 2.51. The second-order valence-electron chi connectivity index (χ2n) is 11.8. The third-order valence-corrected chi connectivity index (χ3v) is 13.0. The van der Waals surface area contributed by atoms with Crippen LogP contribution in [0, 0.1) is 11.8 Å². The third-order valence-electron chi connectivity index (χ3n) is 7.91. The molecule has 0 spiro atoms. The van der Waals surface area contributed by atoms with Gasteiger partial charge in [0, 0.05) is 12.0 Å². The van der Waals surface area contributed by atoms with Gasteiger partial charge >= 0.3 is 0 Å². The Morgan fingerprint density at radius 2 is 1.32 bits per heavy atom. The van der Waals surface area contributed by atoms with Gasteiger partial charge in [0.1, 0.15) is 5.75 Å². The van der Waals surface area contributed by atoms with Crippen molar-refractivity contribution in [3.8, 4) is 5.75 Å². The van der Waals surface area contributed by atoms with E-state index in [1.54, 1.807) is 20.5 Å². The van der Waals surface area contributed by atoms with Gasteiger partial charge in [-0.05, 0) is 58.4 Å². The maximum atomic E-state index is 7.41. The van der Waals surface area contributed by atoms with Gasteiger partial charge in [0.05, 0.1) is 33.2 Å². The Kier molecular flexibility index (Phi) is 11.6. The fourth-order valence-corrected chi connectivity index (χ4v) is 10.1. The van der Waals surface area contributed by atoms with Crippen molar-refractivity contribution in [2.45, 2.75) is 71.8 Å². The van der Waals surface area contributed by atoms with Crippen molar-refractivity contribution in [2.24, 2.45) is 11.8 Å². The van der Waals surface area contributed by atoms with Crippen LogP contribution in [0.5, 0.6) is 5.75 Å². The number of methoxy groups -OCH3 is 2. The van der Waals surface area contributed by atoms with Crippen molar-refractivity contribution < 1.29 is 18.6 Å². The molecule has 0 unspecified atom stereocenters. The van der Waals surface area contributed by atoms with Crippen LogP contribution in [0.25, 0.3) is 0 Å². The van der Waals surface area contributed by atoms with Gasteiger partial charge in [0.2, 0.25) is 0 Å². The molecule has 4 atom stereocenters. The molecule has 216 valence electrons. The molecule has 0 amide bonds. The second-order valence-corrected chi connectivity index (χ2v) is 16.1. The highest BCUT2D eigenvalue weighted by Crippen LogP contribution is 2.38. The number of benzene rings is 3. The van der Waals surface area contributed by atoms with Crippen LogP contribution in [-0.2, 0) is 20.5 Å². The Labute approximate surface area is 243 Å². The first-order valence-electron chi connectivity index (χ1n) is 14.3. The topological polar surface area (TPSA) is 36.9 Å². The first kappa shape index (κ1) is 31.7. The van der Waals surface area contributed by atoms with E-state index in [2.05, 4.69) is 120 Å². The quantitative estimate of drug-likeness (QED) is 0.152. The molecule has 0 heterocycles. The zero-order chi connectivity index (χ0) is 29.2. The second kappa shape index (κ2) is 14.7. The maximum absolute atomic E-state index is 7.41. The van der Waals surface area contributed by atoms with E-state index < -0.39 is 8.32 Å². The summed E-state index contributed by atoms with van der Waals surface area (Å²) >= 11 is 0. The van der Waals surface area contributed by atoms with E-state index in [1.165, 1.54) is 10.4 Å². The largest absolute Gasteiger partial charge is 0.505 e. The summed E-state index contributed by atoms with van der Waals surface area (Å²) in [6, 6.07) is 29.8. The van der Waals surface area contributed by atoms with E-state index >= 15 is 0 Å². The predicted octanol–water partition coefficient (Wildman–Crippen LogP) is 7.37. The Hall–Kier alpha value is -2.86. The summed E-state index contributed by atoms with van der Waals surface area (Å²) in [6.07, 6.45) is 4.73. The van der Waals surface area contributed by atoms with Gasteiger partial charge in [-0.2, -0.15) is 0 Å². The molecule has 0 radical (unpaired) electrons. The van der Waals surface area contributed by atoms with Crippen molar-refractivity contribution in [1.29, 1.82) is 0 Å². The average molecular weight is 561 g/mol. The smallest absolute Gasteiger partial charge is 0.261 e. The van der Waals surface area contributed by atoms with Crippen LogP contribution in [0.1, 0.15) is 53.5 Å². The molecule has 4 nitrogen and oxygen atoms in total. The first-order valence-corrected chi connectivity index (χ1v) is 16.3. The molecular weight excluding hydrogens is 512 g/mol. The molecule has 0 bridgehead atoms. The number of hydrogen-bond acceptors (Lipinski definition) is 4. The number of rotatable bonds is 14. The molecule has 40 heavy (non-hydrogen) atoms. The summed E-state index contributed by atoms with van der Waals surface area (Å²) in [4.78, 5) is 0. The van der Waals surface area contributed by atoms with Crippen molar-refractivity contribution in [2.75, 3.05) is 14.2 Å². The molecule has 0 aliphatic heterocycles. The molecular formula is C35H48O4Si. The molecule has 0 aliphatic rings. The molecule has 5 heteroatoms. The fraction of sp³-hybridized carbons (Fsp3) is 0.429. The lowest BCUT2D eigenvalue weighted by molar-refractivity contribution is -0.00912. The highest BCUT2D eigenvalue weighted by atomic mass is 28.4. The average Bonchev–Trinajstić information content (AvgIpc) is 2.97. The highest BCUT2D eigenvalue weighted by molar-refractivity contribution is 6.99. The van der Waals surface area contributed by atoms with Crippen LogP contribution in [0.2, 0.25) is 5.04 Å². The number of ether oxygens (including phenoxy) is 3. The van der Waals surface area contributed by atoms with Crippen LogP contribution < -0.4 is 15.1 Å². The Balaban J connectivity index is 1.87. The zero-order valence-corrected chi connectivity index (χ0v) is 26.6. The van der Waals surface area contributed by atoms with Gasteiger partial charge in [0.25, 0.3) is 8.32 Å². The molecule has 0 saturated heterocycles. The minimum Gasteiger partial charge on any atom is -0.505 e. The summed E-state index contributed by atoms with van der Waals surface area (Å²) in [6.45, 7) is 14.2. The molecule has 0 aliphatic carbocycles. The van der Waals surface area contributed by atoms with Crippen LogP contribution in [-0.4, -0.2) is 34.7 Å². The van der Waals surface area contributed by atoms with Gasteiger partial charge < -0.3 is 18.6 Å². The molecule has 0 fully saturated rings. The first-order chi connectivity index (χ1) is 19.1. The van der Waals surface area contributed by atoms with Crippen LogP contribution >= 0.6 is 0 Å². The molecule has 3 aromatic carbocycles. The fourth-order valence-electron chi connectivity index (χ4n) is 5.33. The molecule has 0 aromatic heterocycles. The van der Waals surface area contributed by atoms with Gasteiger partial charge in [-0.1, -0.05) is 107 Å². The van der Waals surface area contributed by atoms with Crippen molar-refractivity contribution >= 4 is 18.7 Å². The summed E-state index contributed by atoms with van der Waals surface area (Å²) in [5.41, 5.74) is 1.12. The van der Waals surface area contributed by atoms with Crippen molar-refractivity contribution in [1.82, 2.24) is 0 Å². The lowest BCUT2D eigenvalue weighted by atomic mass is 9.92. The normalized spacial score (nSPS) is 15.4. The minimum atomic E-state index is -2.64. The van der Waals surface area contributed by atoms with E-state index in [9.17, 15) is 0 Å². The van der Waals surface area contributed by atoms with E-state index in [0.29, 0.717) is 6.61 Å². The van der Waals surface area contributed by atoms with Crippen LogP contribution in [0.4, 0.5) is 0 Å². The third kappa shape index (κ3) is 7.87. The Morgan fingerprint density at radius 3 is 1.80 bits per heavy atom. The van der Waals surface area contributed by atoms with E-state index in [-0.39, 0.29) is 29.1 Å². The lowest BCUT2D eigenvalue weighted by Crippen LogP contribution is -2.68. The summed E-state index contributed by atoms with van der Waals surface area (Å²) in [5.74, 6) is 1.29. The van der Waals surface area contributed by atoms with E-state index in [4.69, 9.17) is 18.6 Å². The predicted molar refractivity (Wildman–Crippen MR) is 169 cm³/mol. The molecule has 0 saturated carbocycles. The van der Waals surface area contributed by atoms with Crippen molar-refractivity contribution in [3.63, 3.8) is 0 Å². The summed E-state index contributed by atoms with van der Waals surface area (Å²) in [7, 11) is 0.721. The van der Waals surface area contributed by atoms with Crippen LogP contribution in [0.15, 0.2) is 97.3 Å². The zero-order valence-electron chi connectivity index (χ0n) is 25.6. The maximum Gasteiger partial charge on any atom is 0.261 e. The Morgan fingerprint density at radius 1 is 0.775 bits per heavy atom. The summed E-state index contributed by atoms with van der Waals surface area (Å²) < 4.78 is 24.5. The SMILES string of the molecule is CO/C=C/[C@H](C)[C@@H](C[C@H](C)[C@H](C)O[Si](c1ccccc1)(c1ccccc1)C(C)(C)C)OCc1ccc(OC)cc1. The van der Waals surface area contributed by atoms with E-state index in [1.807, 2.05) is 12.1 Å². The van der Waals surface area contributed by atoms with E-state index in [0.717, 1.165) is 17.7 Å². The van der Waals surface area contributed by atoms with Gasteiger partial charge in [-0.3, -0.25) is 0 Å². The molecule has 0 N–H and O–H groups in total. The standard InChI is InChI=1S/C35H48O4Si/c1-27(23-24-36-7)34(38-26-30-19-21-31(37-8)22-20-30)25-28(2)29(3)39-40(35(4,5)6,32-15-11-9-12-16-32)33-17-13-10-14-18-33/h9-24,27-29,34H,25-26H2,1-8H3/b24-23+/t27-,28-,29-,34+/m0/s1. The Bertz CT molecular complexity index is 1120. The molecule has 3 aromatic rings. The monoisotopic (exact) mass is 560 g/mol. The van der Waals surface area contributed by atoms with Gasteiger partial charge in [0.15, 0.2) is 0 Å². The molecule has 3 rings (SSSR count). The lowest BCUT2D eigenvalue weighted by Gasteiger charge is -2.46.